The summed E-state index contributed by atoms with van der Waals surface area (Å²) in [5.41, 5.74) is 2.66. The number of nitrogens with zero attached hydrogens (tertiary/aromatic N) is 3. The zero-order chi connectivity index (χ0) is 25.9. The SMILES string of the molecule is COc1cc(-c2cc(F)cc(C(C)C)c2CC(=O)NS(=O)(=O)c2cnc(N(C)C)cc2C)ccn1. The summed E-state index contributed by atoms with van der Waals surface area (Å²) in [6.45, 7) is 5.40. The molecule has 0 aliphatic carbocycles. The summed E-state index contributed by atoms with van der Waals surface area (Å²) < 4.78 is 47.8. The van der Waals surface area contributed by atoms with Gasteiger partial charge in [-0.15, -0.1) is 0 Å². The molecule has 2 aromatic heterocycles. The molecule has 8 nitrogen and oxygen atoms in total. The summed E-state index contributed by atoms with van der Waals surface area (Å²) in [7, 11) is 0.892. The van der Waals surface area contributed by atoms with E-state index in [-0.39, 0.29) is 17.2 Å². The molecule has 3 aromatic rings. The van der Waals surface area contributed by atoms with Gasteiger partial charge in [0.15, 0.2) is 0 Å². The molecule has 0 aliphatic heterocycles. The molecule has 0 spiro atoms. The minimum Gasteiger partial charge on any atom is -0.481 e. The zero-order valence-electron chi connectivity index (χ0n) is 20.6. The van der Waals surface area contributed by atoms with Crippen molar-refractivity contribution in [3.8, 4) is 17.0 Å². The maximum Gasteiger partial charge on any atom is 0.265 e. The first-order valence-electron chi connectivity index (χ1n) is 10.9. The van der Waals surface area contributed by atoms with Gasteiger partial charge in [0.05, 0.1) is 19.7 Å². The van der Waals surface area contributed by atoms with E-state index >= 15 is 0 Å². The minimum absolute atomic E-state index is 0.0845. The van der Waals surface area contributed by atoms with Gasteiger partial charge in [0.1, 0.15) is 16.5 Å². The molecule has 1 N–H and O–H groups in total. The number of amides is 1. The van der Waals surface area contributed by atoms with Crippen molar-refractivity contribution in [2.45, 2.75) is 38.0 Å². The van der Waals surface area contributed by atoms with Crippen LogP contribution in [0.25, 0.3) is 11.1 Å². The van der Waals surface area contributed by atoms with Crippen LogP contribution >= 0.6 is 0 Å². The summed E-state index contributed by atoms with van der Waals surface area (Å²) >= 11 is 0. The number of rotatable bonds is 8. The molecule has 1 amide bonds. The lowest BCUT2D eigenvalue weighted by Crippen LogP contribution is -2.33. The quantitative estimate of drug-likeness (QED) is 0.501. The van der Waals surface area contributed by atoms with Crippen molar-refractivity contribution in [1.82, 2.24) is 14.7 Å². The molecule has 0 bridgehead atoms. The molecule has 35 heavy (non-hydrogen) atoms. The average Bonchev–Trinajstić information content (AvgIpc) is 2.79. The average molecular weight is 501 g/mol. The highest BCUT2D eigenvalue weighted by Gasteiger charge is 2.24. The summed E-state index contributed by atoms with van der Waals surface area (Å²) in [6.07, 6.45) is 2.48. The molecule has 0 fully saturated rings. The molecule has 10 heteroatoms. The van der Waals surface area contributed by atoms with Crippen LogP contribution < -0.4 is 14.4 Å². The van der Waals surface area contributed by atoms with Crippen molar-refractivity contribution >= 4 is 21.7 Å². The van der Waals surface area contributed by atoms with E-state index in [9.17, 15) is 17.6 Å². The van der Waals surface area contributed by atoms with E-state index in [0.717, 1.165) is 0 Å². The summed E-state index contributed by atoms with van der Waals surface area (Å²) in [5, 5.41) is 0. The van der Waals surface area contributed by atoms with Crippen molar-refractivity contribution in [2.24, 2.45) is 0 Å². The number of anilines is 1. The van der Waals surface area contributed by atoms with Gasteiger partial charge in [-0.1, -0.05) is 13.8 Å². The van der Waals surface area contributed by atoms with Gasteiger partial charge in [-0.05, 0) is 64.9 Å². The third kappa shape index (κ3) is 5.94. The Hall–Kier alpha value is -3.53. The van der Waals surface area contributed by atoms with Gasteiger partial charge < -0.3 is 9.64 Å². The van der Waals surface area contributed by atoms with Crippen molar-refractivity contribution in [3.05, 3.63) is 65.2 Å². The number of carbonyl (C=O) groups excluding carboxylic acids is 1. The van der Waals surface area contributed by atoms with Crippen molar-refractivity contribution in [3.63, 3.8) is 0 Å². The molecule has 186 valence electrons. The van der Waals surface area contributed by atoms with E-state index in [0.29, 0.717) is 39.5 Å². The number of hydrogen-bond donors (Lipinski definition) is 1. The van der Waals surface area contributed by atoms with E-state index in [1.54, 1.807) is 44.1 Å². The molecule has 2 heterocycles. The fourth-order valence-electron chi connectivity index (χ4n) is 3.77. The highest BCUT2D eigenvalue weighted by molar-refractivity contribution is 7.90. The maximum atomic E-state index is 14.5. The number of methoxy groups -OCH3 is 1. The lowest BCUT2D eigenvalue weighted by Gasteiger charge is -2.19. The second-order valence-corrected chi connectivity index (χ2v) is 10.3. The fraction of sp³-hybridized carbons (Fsp3) is 0.320. The summed E-state index contributed by atoms with van der Waals surface area (Å²) in [4.78, 5) is 22.9. The third-order valence-electron chi connectivity index (χ3n) is 5.51. The van der Waals surface area contributed by atoms with Crippen molar-refractivity contribution < 1.29 is 22.3 Å². The second kappa shape index (κ2) is 10.4. The van der Waals surface area contributed by atoms with Crippen molar-refractivity contribution in [1.29, 1.82) is 0 Å². The Morgan fingerprint density at radius 2 is 1.89 bits per heavy atom. The molecule has 0 unspecified atom stereocenters. The van der Waals surface area contributed by atoms with Crippen LogP contribution in [0.3, 0.4) is 0 Å². The Bertz CT molecular complexity index is 1360. The Balaban J connectivity index is 1.99. The Labute approximate surface area is 205 Å². The number of pyridine rings is 2. The van der Waals surface area contributed by atoms with E-state index in [1.807, 2.05) is 13.8 Å². The highest BCUT2D eigenvalue weighted by Crippen LogP contribution is 2.33. The monoisotopic (exact) mass is 500 g/mol. The van der Waals surface area contributed by atoms with Crippen LogP contribution in [-0.4, -0.2) is 45.5 Å². The molecule has 1 aromatic carbocycles. The van der Waals surface area contributed by atoms with Gasteiger partial charge in [0.2, 0.25) is 11.8 Å². The van der Waals surface area contributed by atoms with Gasteiger partial charge >= 0.3 is 0 Å². The Kier molecular flexibility index (Phi) is 7.74. The largest absolute Gasteiger partial charge is 0.481 e. The molecule has 0 saturated carbocycles. The molecule has 3 rings (SSSR count). The highest BCUT2D eigenvalue weighted by atomic mass is 32.2. The van der Waals surface area contributed by atoms with Crippen LogP contribution in [0.5, 0.6) is 5.88 Å². The first-order valence-corrected chi connectivity index (χ1v) is 12.4. The first kappa shape index (κ1) is 26.1. The number of nitrogens with one attached hydrogen (secondary N) is 1. The number of carbonyl (C=O) groups is 1. The lowest BCUT2D eigenvalue weighted by molar-refractivity contribution is -0.118. The van der Waals surface area contributed by atoms with Gasteiger partial charge in [0.25, 0.3) is 10.0 Å². The van der Waals surface area contributed by atoms with Crippen LogP contribution in [0.15, 0.2) is 47.6 Å². The van der Waals surface area contributed by atoms with Crippen LogP contribution in [0.4, 0.5) is 10.2 Å². The number of aryl methyl sites for hydroxylation is 1. The number of benzene rings is 1. The number of aromatic nitrogens is 2. The minimum atomic E-state index is -4.17. The van der Waals surface area contributed by atoms with E-state index in [1.165, 1.54) is 31.6 Å². The predicted molar refractivity (Wildman–Crippen MR) is 133 cm³/mol. The first-order chi connectivity index (χ1) is 16.4. The van der Waals surface area contributed by atoms with Gasteiger partial charge in [-0.2, -0.15) is 0 Å². The second-order valence-electron chi connectivity index (χ2n) is 8.67. The van der Waals surface area contributed by atoms with Gasteiger partial charge in [-0.3, -0.25) is 4.79 Å². The molecule has 0 saturated heterocycles. The van der Waals surface area contributed by atoms with Crippen LogP contribution in [0, 0.1) is 12.7 Å². The smallest absolute Gasteiger partial charge is 0.265 e. The Morgan fingerprint density at radius 1 is 1.17 bits per heavy atom. The van der Waals surface area contributed by atoms with Crippen LogP contribution in [0.1, 0.15) is 36.5 Å². The van der Waals surface area contributed by atoms with E-state index in [2.05, 4.69) is 14.7 Å². The summed E-state index contributed by atoms with van der Waals surface area (Å²) in [5.74, 6) is -0.383. The van der Waals surface area contributed by atoms with Crippen LogP contribution in [-0.2, 0) is 21.2 Å². The maximum absolute atomic E-state index is 14.5. The third-order valence-corrected chi connectivity index (χ3v) is 7.01. The fourth-order valence-corrected chi connectivity index (χ4v) is 4.93. The predicted octanol–water partition coefficient (Wildman–Crippen LogP) is 3.84. The number of sulfonamides is 1. The van der Waals surface area contributed by atoms with E-state index < -0.39 is 21.7 Å². The number of ether oxygens (including phenoxy) is 1. The normalized spacial score (nSPS) is 11.4. The number of hydrogen-bond acceptors (Lipinski definition) is 7. The van der Waals surface area contributed by atoms with Gasteiger partial charge in [0, 0.05) is 26.4 Å². The van der Waals surface area contributed by atoms with Crippen molar-refractivity contribution in [2.75, 3.05) is 26.1 Å². The topological polar surface area (TPSA) is 101 Å². The number of halogens is 1. The summed E-state index contributed by atoms with van der Waals surface area (Å²) in [6, 6.07) is 7.65. The standard InChI is InChI=1S/C25H29FN4O4S/c1-15(2)19-11-18(26)12-20(17-7-8-27-25(10-17)34-6)21(19)13-24(31)29-35(32,33)22-14-28-23(30(4)5)9-16(22)3/h7-12,14-15H,13H2,1-6H3,(H,29,31). The molecular formula is C25H29FN4O4S. The van der Waals surface area contributed by atoms with E-state index in [4.69, 9.17) is 4.74 Å². The van der Waals surface area contributed by atoms with Crippen LogP contribution in [0.2, 0.25) is 0 Å². The Morgan fingerprint density at radius 3 is 2.49 bits per heavy atom. The molecule has 0 radical (unpaired) electrons. The molecule has 0 aliphatic rings. The molecule has 0 atom stereocenters. The lowest BCUT2D eigenvalue weighted by atomic mass is 9.88. The van der Waals surface area contributed by atoms with Gasteiger partial charge in [-0.25, -0.2) is 27.5 Å². The molecular weight excluding hydrogens is 471 g/mol. The zero-order valence-corrected chi connectivity index (χ0v) is 21.4.